The molecule has 0 aromatic rings. The number of nitrogens with one attached hydrogen (secondary N) is 1. The molecule has 0 saturated carbocycles. The molecule has 0 radical (unpaired) electrons. The molecule has 190 valence electrons. The van der Waals surface area contributed by atoms with Gasteiger partial charge in [0.1, 0.15) is 6.23 Å². The Kier molecular flexibility index (Phi) is 19.0. The van der Waals surface area contributed by atoms with Gasteiger partial charge in [-0.3, -0.25) is 15.1 Å². The predicted octanol–water partition coefficient (Wildman–Crippen LogP) is -4.01. The number of hydrogen-bond acceptors (Lipinski definition) is 12. The van der Waals surface area contributed by atoms with Crippen molar-refractivity contribution in [3.05, 3.63) is 0 Å². The van der Waals surface area contributed by atoms with Crippen LogP contribution >= 0.6 is 0 Å². The summed E-state index contributed by atoms with van der Waals surface area (Å²) in [5, 5.41) is 74.3. The highest BCUT2D eigenvalue weighted by Gasteiger charge is 2.22. The van der Waals surface area contributed by atoms with E-state index in [1.54, 1.807) is 27.7 Å². The molecule has 0 bridgehead atoms. The van der Waals surface area contributed by atoms with E-state index in [4.69, 9.17) is 26.2 Å². The fraction of sp³-hybridized carbons (Fsp3) is 1.00. The summed E-state index contributed by atoms with van der Waals surface area (Å²) in [7, 11) is 0. The molecule has 31 heavy (non-hydrogen) atoms. The van der Waals surface area contributed by atoms with Crippen molar-refractivity contribution in [1.82, 2.24) is 15.1 Å². The van der Waals surface area contributed by atoms with E-state index in [0.29, 0.717) is 52.4 Å². The first kappa shape index (κ1) is 32.7. The Morgan fingerprint density at radius 1 is 0.710 bits per heavy atom. The van der Waals surface area contributed by atoms with E-state index in [1.807, 2.05) is 9.80 Å². The van der Waals surface area contributed by atoms with Crippen molar-refractivity contribution in [3.63, 3.8) is 0 Å². The second-order valence-corrected chi connectivity index (χ2v) is 8.15. The standard InChI is InChI=1S/C14H32N2O4.C5H14N2O4/c1-11(17)7-15(8-12(2)18)5-6-16(9-13(3)19)10-14(4)20;6-1-2-7-4(8)3-5(9,10)11/h11-14,17-20H,5-10H2,1-4H3;4,7-11H,1-3,6H2. The van der Waals surface area contributed by atoms with Gasteiger partial charge in [-0.05, 0) is 27.7 Å². The first-order chi connectivity index (χ1) is 14.2. The van der Waals surface area contributed by atoms with Crippen molar-refractivity contribution >= 4 is 0 Å². The number of rotatable bonds is 16. The third kappa shape index (κ3) is 25.7. The third-order valence-corrected chi connectivity index (χ3v) is 3.81. The SMILES string of the molecule is CC(O)CN(CCN(CC(C)O)CC(C)O)CC(C)O.NCCNC(O)CC(O)(O)O. The molecule has 0 saturated heterocycles. The molecule has 0 aliphatic heterocycles. The van der Waals surface area contributed by atoms with E-state index in [9.17, 15) is 20.4 Å². The van der Waals surface area contributed by atoms with Crippen LogP contribution in [0.5, 0.6) is 0 Å². The van der Waals surface area contributed by atoms with Gasteiger partial charge in [0, 0.05) is 52.4 Å². The molecule has 0 amide bonds. The minimum Gasteiger partial charge on any atom is -0.392 e. The maximum Gasteiger partial charge on any atom is 0.279 e. The van der Waals surface area contributed by atoms with E-state index in [2.05, 4.69) is 5.32 Å². The Morgan fingerprint density at radius 3 is 1.26 bits per heavy atom. The van der Waals surface area contributed by atoms with Crippen molar-refractivity contribution in [2.75, 3.05) is 52.4 Å². The van der Waals surface area contributed by atoms with Crippen molar-refractivity contribution in [1.29, 1.82) is 0 Å². The highest BCUT2D eigenvalue weighted by molar-refractivity contribution is 4.70. The summed E-state index contributed by atoms with van der Waals surface area (Å²) in [5.41, 5.74) is 5.08. The lowest BCUT2D eigenvalue weighted by Crippen LogP contribution is -2.44. The number of aliphatic hydroxyl groups excluding tert-OH is 5. The van der Waals surface area contributed by atoms with Crippen molar-refractivity contribution in [3.8, 4) is 0 Å². The monoisotopic (exact) mass is 458 g/mol. The fourth-order valence-corrected chi connectivity index (χ4v) is 2.87. The van der Waals surface area contributed by atoms with Crippen molar-refractivity contribution < 1.29 is 40.9 Å². The van der Waals surface area contributed by atoms with Gasteiger partial charge in [0.15, 0.2) is 0 Å². The molecule has 0 spiro atoms. The zero-order valence-corrected chi connectivity index (χ0v) is 19.3. The molecule has 12 nitrogen and oxygen atoms in total. The van der Waals surface area contributed by atoms with Crippen LogP contribution in [0.1, 0.15) is 34.1 Å². The van der Waals surface area contributed by atoms with Gasteiger partial charge in [0.05, 0.1) is 30.8 Å². The molecule has 12 heteroatoms. The smallest absolute Gasteiger partial charge is 0.279 e. The average Bonchev–Trinajstić information content (AvgIpc) is 2.54. The predicted molar refractivity (Wildman–Crippen MR) is 117 cm³/mol. The van der Waals surface area contributed by atoms with Gasteiger partial charge < -0.3 is 46.6 Å². The molecule has 0 aliphatic carbocycles. The van der Waals surface area contributed by atoms with Gasteiger partial charge in [-0.15, -0.1) is 0 Å². The highest BCUT2D eigenvalue weighted by Crippen LogP contribution is 2.02. The Hall–Kier alpha value is -0.480. The second kappa shape index (κ2) is 18.0. The lowest BCUT2D eigenvalue weighted by molar-refractivity contribution is -0.323. The summed E-state index contributed by atoms with van der Waals surface area (Å²) in [6, 6.07) is 0. The number of nitrogens with two attached hydrogens (primary N) is 1. The fourth-order valence-electron chi connectivity index (χ4n) is 2.87. The molecule has 0 aliphatic rings. The van der Waals surface area contributed by atoms with E-state index in [-0.39, 0.29) is 0 Å². The molecule has 11 N–H and O–H groups in total. The molecule has 0 fully saturated rings. The van der Waals surface area contributed by atoms with Crippen molar-refractivity contribution in [2.24, 2.45) is 5.73 Å². The van der Waals surface area contributed by atoms with Crippen LogP contribution in [0.15, 0.2) is 0 Å². The summed E-state index contributed by atoms with van der Waals surface area (Å²) >= 11 is 0. The Labute approximate surface area is 185 Å². The number of aliphatic hydroxyl groups is 8. The van der Waals surface area contributed by atoms with Gasteiger partial charge in [-0.1, -0.05) is 0 Å². The van der Waals surface area contributed by atoms with Gasteiger partial charge in [0.2, 0.25) is 0 Å². The lowest BCUT2D eigenvalue weighted by atomic mass is 10.2. The van der Waals surface area contributed by atoms with Crippen LogP contribution in [-0.4, -0.2) is 140 Å². The van der Waals surface area contributed by atoms with Gasteiger partial charge in [-0.2, -0.15) is 0 Å². The van der Waals surface area contributed by atoms with E-state index in [0.717, 1.165) is 0 Å². The van der Waals surface area contributed by atoms with E-state index in [1.165, 1.54) is 0 Å². The largest absolute Gasteiger partial charge is 0.392 e. The average molecular weight is 459 g/mol. The van der Waals surface area contributed by atoms with Crippen LogP contribution < -0.4 is 11.1 Å². The molecular formula is C19H46N4O8. The third-order valence-electron chi connectivity index (χ3n) is 3.81. The molecule has 0 aromatic carbocycles. The normalized spacial score (nSPS) is 17.1. The van der Waals surface area contributed by atoms with E-state index < -0.39 is 43.0 Å². The molecule has 5 unspecified atom stereocenters. The summed E-state index contributed by atoms with van der Waals surface area (Å²) in [6.45, 7) is 10.9. The summed E-state index contributed by atoms with van der Waals surface area (Å²) in [6.07, 6.45) is -3.54. The van der Waals surface area contributed by atoms with Gasteiger partial charge >= 0.3 is 0 Å². The highest BCUT2D eigenvalue weighted by atomic mass is 16.7. The van der Waals surface area contributed by atoms with Crippen LogP contribution in [0.25, 0.3) is 0 Å². The zero-order chi connectivity index (χ0) is 24.6. The number of nitrogens with zero attached hydrogens (tertiary/aromatic N) is 2. The van der Waals surface area contributed by atoms with Gasteiger partial charge in [-0.25, -0.2) is 0 Å². The second-order valence-electron chi connectivity index (χ2n) is 8.15. The van der Waals surface area contributed by atoms with Crippen LogP contribution in [0.2, 0.25) is 0 Å². The minimum atomic E-state index is -2.83. The molecule has 0 heterocycles. The maximum atomic E-state index is 9.47. The van der Waals surface area contributed by atoms with Crippen LogP contribution in [-0.2, 0) is 0 Å². The first-order valence-corrected chi connectivity index (χ1v) is 10.6. The Morgan fingerprint density at radius 2 is 1.03 bits per heavy atom. The summed E-state index contributed by atoms with van der Waals surface area (Å²) < 4.78 is 0. The molecule has 5 atom stereocenters. The molecule has 0 rings (SSSR count). The quantitative estimate of drug-likeness (QED) is 0.100. The number of hydrogen-bond donors (Lipinski definition) is 10. The summed E-state index contributed by atoms with van der Waals surface area (Å²) in [4.78, 5) is 3.98. The maximum absolute atomic E-state index is 9.47. The van der Waals surface area contributed by atoms with Crippen LogP contribution in [0.4, 0.5) is 0 Å². The summed E-state index contributed by atoms with van der Waals surface area (Å²) in [5.74, 6) is -2.83. The van der Waals surface area contributed by atoms with Crippen LogP contribution in [0.3, 0.4) is 0 Å². The lowest BCUT2D eigenvalue weighted by Gasteiger charge is -2.30. The van der Waals surface area contributed by atoms with E-state index >= 15 is 0 Å². The zero-order valence-electron chi connectivity index (χ0n) is 19.3. The van der Waals surface area contributed by atoms with Crippen LogP contribution in [0, 0.1) is 0 Å². The molecule has 0 aromatic heterocycles. The van der Waals surface area contributed by atoms with Gasteiger partial charge in [0.25, 0.3) is 5.97 Å². The topological polar surface area (TPSA) is 206 Å². The minimum absolute atomic E-state index is 0.326. The van der Waals surface area contributed by atoms with Crippen molar-refractivity contribution in [2.45, 2.75) is 70.7 Å². The Balaban J connectivity index is 0. The Bertz CT molecular complexity index is 365. The molecular weight excluding hydrogens is 412 g/mol. The first-order valence-electron chi connectivity index (χ1n) is 10.6.